The molecule has 6 heavy (non-hydrogen) atoms. The minimum Gasteiger partial charge on any atom is -0.384 e. The van der Waals surface area contributed by atoms with Crippen molar-refractivity contribution >= 4 is 17.5 Å². The van der Waals surface area contributed by atoms with E-state index in [4.69, 9.17) is 0 Å². The zero-order valence-corrected chi connectivity index (χ0v) is 5.15. The standard InChI is InChI=1S/C2H4N2Si2/c5-6-3-1-2-4-6/h1-4H. The van der Waals surface area contributed by atoms with Crippen LogP contribution >= 0.6 is 0 Å². The lowest BCUT2D eigenvalue weighted by Crippen LogP contribution is -2.26. The van der Waals surface area contributed by atoms with E-state index in [0.717, 1.165) is 0 Å². The lowest BCUT2D eigenvalue weighted by atomic mass is 11.0. The third kappa shape index (κ3) is 0.633. The van der Waals surface area contributed by atoms with Crippen LogP contribution in [0, 0.1) is 0 Å². The summed E-state index contributed by atoms with van der Waals surface area (Å²) in [5.74, 6) is 0. The van der Waals surface area contributed by atoms with E-state index in [-0.39, 0.29) is 0 Å². The third-order valence-corrected chi connectivity index (χ3v) is 2.32. The average molecular weight is 112 g/mol. The second-order valence-corrected chi connectivity index (χ2v) is 3.82. The molecule has 2 nitrogen and oxygen atoms in total. The largest absolute Gasteiger partial charge is 0.384 e. The Morgan fingerprint density at radius 3 is 2.00 bits per heavy atom. The molecule has 0 aromatic rings. The summed E-state index contributed by atoms with van der Waals surface area (Å²) in [5, 5.41) is 0. The Bertz CT molecular complexity index is 87.7. The summed E-state index contributed by atoms with van der Waals surface area (Å²) >= 11 is 0. The Labute approximate surface area is 40.8 Å². The van der Waals surface area contributed by atoms with E-state index in [1.165, 1.54) is 0 Å². The second kappa shape index (κ2) is 1.48. The molecule has 1 rings (SSSR count). The van der Waals surface area contributed by atoms with Gasteiger partial charge in [0, 0.05) is 12.4 Å². The fourth-order valence-electron chi connectivity index (χ4n) is 0.292. The minimum absolute atomic E-state index is 0.563. The minimum atomic E-state index is -0.563. The zero-order chi connectivity index (χ0) is 4.41. The lowest BCUT2D eigenvalue weighted by Gasteiger charge is -1.87. The van der Waals surface area contributed by atoms with E-state index in [1.54, 1.807) is 0 Å². The summed E-state index contributed by atoms with van der Waals surface area (Å²) in [7, 11) is 2.84. The van der Waals surface area contributed by atoms with Gasteiger partial charge >= 0.3 is 0 Å². The zero-order valence-electron chi connectivity index (χ0n) is 3.15. The van der Waals surface area contributed by atoms with Crippen LogP contribution in [0.5, 0.6) is 0 Å². The van der Waals surface area contributed by atoms with E-state index in [2.05, 4.69) is 19.3 Å². The summed E-state index contributed by atoms with van der Waals surface area (Å²) in [4.78, 5) is 6.09. The number of hydrogen-bond acceptors (Lipinski definition) is 2. The maximum absolute atomic E-state index is 3.40. The van der Waals surface area contributed by atoms with Crippen LogP contribution in [-0.4, -0.2) is 17.5 Å². The molecule has 0 aliphatic carbocycles. The maximum Gasteiger partial charge on any atom is 0.216 e. The first kappa shape index (κ1) is 3.95. The molecule has 1 aliphatic rings. The van der Waals surface area contributed by atoms with E-state index in [1.807, 2.05) is 12.4 Å². The lowest BCUT2D eigenvalue weighted by molar-refractivity contribution is 1.36. The molecular weight excluding hydrogens is 108 g/mol. The van der Waals surface area contributed by atoms with Gasteiger partial charge in [-0.25, -0.2) is 0 Å². The maximum atomic E-state index is 3.40. The van der Waals surface area contributed by atoms with Gasteiger partial charge in [-0.3, -0.25) is 0 Å². The molecular formula is C2H4N2Si2. The van der Waals surface area contributed by atoms with E-state index in [0.29, 0.717) is 0 Å². The van der Waals surface area contributed by atoms with Crippen LogP contribution in [0.3, 0.4) is 0 Å². The topological polar surface area (TPSA) is 24.1 Å². The van der Waals surface area contributed by atoms with Crippen molar-refractivity contribution in [3.63, 3.8) is 0 Å². The van der Waals surface area contributed by atoms with Crippen molar-refractivity contribution in [3.8, 4) is 0 Å². The van der Waals surface area contributed by atoms with Gasteiger partial charge in [0.2, 0.25) is 8.21 Å². The summed E-state index contributed by atoms with van der Waals surface area (Å²) < 4.78 is 0. The number of hydrogen-bond donors (Lipinski definition) is 2. The van der Waals surface area contributed by atoms with Crippen molar-refractivity contribution in [2.24, 2.45) is 0 Å². The van der Waals surface area contributed by atoms with E-state index in [9.17, 15) is 0 Å². The quantitative estimate of drug-likeness (QED) is 0.385. The summed E-state index contributed by atoms with van der Waals surface area (Å²) in [6.07, 6.45) is 3.78. The molecule has 0 atom stereocenters. The first-order valence-corrected chi connectivity index (χ1v) is 4.66. The number of nitrogens with one attached hydrogen (secondary N) is 2. The molecule has 1 aliphatic heterocycles. The second-order valence-electron chi connectivity index (χ2n) is 0.997. The van der Waals surface area contributed by atoms with Gasteiger partial charge in [-0.1, -0.05) is 0 Å². The van der Waals surface area contributed by atoms with Crippen molar-refractivity contribution in [1.29, 1.82) is 0 Å². The predicted octanol–water partition coefficient (Wildman–Crippen LogP) is -1.20. The molecule has 2 N–H and O–H groups in total. The monoisotopic (exact) mass is 112 g/mol. The van der Waals surface area contributed by atoms with Gasteiger partial charge in [-0.2, -0.15) is 0 Å². The van der Waals surface area contributed by atoms with E-state index >= 15 is 0 Å². The van der Waals surface area contributed by atoms with Gasteiger partial charge in [0.25, 0.3) is 0 Å². The Kier molecular flexibility index (Phi) is 0.975. The molecule has 2 radical (unpaired) electrons. The van der Waals surface area contributed by atoms with Crippen LogP contribution in [0.4, 0.5) is 0 Å². The van der Waals surface area contributed by atoms with Gasteiger partial charge in [0.15, 0.2) is 0 Å². The average Bonchev–Trinajstić information content (AvgIpc) is 1.86. The molecule has 0 spiro atoms. The summed E-state index contributed by atoms with van der Waals surface area (Å²) in [6, 6.07) is 0. The van der Waals surface area contributed by atoms with Crippen molar-refractivity contribution in [3.05, 3.63) is 12.4 Å². The normalized spacial score (nSPS) is 17.0. The van der Waals surface area contributed by atoms with E-state index < -0.39 is 8.21 Å². The SMILES string of the molecule is [Si]=[Si]1NC=CN1. The number of rotatable bonds is 0. The predicted molar refractivity (Wildman–Crippen MR) is 26.9 cm³/mol. The highest BCUT2D eigenvalue weighted by molar-refractivity contribution is 6.74. The molecule has 1 heterocycles. The summed E-state index contributed by atoms with van der Waals surface area (Å²) in [5.41, 5.74) is 0. The van der Waals surface area contributed by atoms with Crippen molar-refractivity contribution in [1.82, 2.24) is 9.96 Å². The highest BCUT2D eigenvalue weighted by Gasteiger charge is 1.89. The first-order valence-electron chi connectivity index (χ1n) is 1.66. The van der Waals surface area contributed by atoms with Crippen LogP contribution in [-0.2, 0) is 0 Å². The van der Waals surface area contributed by atoms with Crippen LogP contribution in [0.2, 0.25) is 0 Å². The highest BCUT2D eigenvalue weighted by atomic mass is 28.9. The fourth-order valence-corrected chi connectivity index (χ4v) is 1.38. The van der Waals surface area contributed by atoms with Gasteiger partial charge in [0.1, 0.15) is 0 Å². The molecule has 0 amide bonds. The Morgan fingerprint density at radius 1 is 1.33 bits per heavy atom. The van der Waals surface area contributed by atoms with Gasteiger partial charge in [-0.15, -0.1) is 0 Å². The van der Waals surface area contributed by atoms with Gasteiger partial charge in [0.05, 0.1) is 9.34 Å². The van der Waals surface area contributed by atoms with Crippen molar-refractivity contribution in [2.45, 2.75) is 0 Å². The summed E-state index contributed by atoms with van der Waals surface area (Å²) in [6.45, 7) is 0. The Hall–Kier alpha value is -0.226. The van der Waals surface area contributed by atoms with Gasteiger partial charge < -0.3 is 9.96 Å². The van der Waals surface area contributed by atoms with Crippen molar-refractivity contribution in [2.75, 3.05) is 0 Å². The molecule has 0 aromatic heterocycles. The molecule has 30 valence electrons. The Balaban J connectivity index is 2.52. The molecule has 0 unspecified atom stereocenters. The smallest absolute Gasteiger partial charge is 0.216 e. The Morgan fingerprint density at radius 2 is 1.83 bits per heavy atom. The fraction of sp³-hybridized carbons (Fsp3) is 0. The first-order chi connectivity index (χ1) is 2.89. The van der Waals surface area contributed by atoms with Crippen LogP contribution in [0.25, 0.3) is 0 Å². The highest BCUT2D eigenvalue weighted by Crippen LogP contribution is 1.66. The third-order valence-electron chi connectivity index (χ3n) is 0.539. The molecule has 0 aromatic carbocycles. The van der Waals surface area contributed by atoms with Crippen LogP contribution in [0.1, 0.15) is 0 Å². The molecule has 0 saturated carbocycles. The molecule has 0 saturated heterocycles. The molecule has 0 fully saturated rings. The van der Waals surface area contributed by atoms with Gasteiger partial charge in [-0.05, 0) is 0 Å². The van der Waals surface area contributed by atoms with Crippen LogP contribution < -0.4 is 9.96 Å². The molecule has 4 heteroatoms. The van der Waals surface area contributed by atoms with Crippen LogP contribution in [0.15, 0.2) is 12.4 Å². The van der Waals surface area contributed by atoms with Crippen molar-refractivity contribution < 1.29 is 0 Å². The molecule has 0 bridgehead atoms.